The fourth-order valence-corrected chi connectivity index (χ4v) is 3.24. The molecule has 3 aromatic rings. The minimum atomic E-state index is 0.470. The van der Waals surface area contributed by atoms with Gasteiger partial charge in [-0.3, -0.25) is 4.68 Å². The Kier molecular flexibility index (Phi) is 7.32. The van der Waals surface area contributed by atoms with Gasteiger partial charge in [0.15, 0.2) is 22.4 Å². The van der Waals surface area contributed by atoms with Gasteiger partial charge in [0.05, 0.1) is 20.8 Å². The van der Waals surface area contributed by atoms with E-state index in [1.54, 1.807) is 25.1 Å². The SMILES string of the molecule is COc1ccc(CCNC(=S)Nc2nn(Cc3ccccc3)cc2Cl)cc1OC. The number of methoxy groups -OCH3 is 2. The van der Waals surface area contributed by atoms with E-state index in [1.165, 1.54) is 0 Å². The van der Waals surface area contributed by atoms with Crippen LogP contribution in [0.15, 0.2) is 54.7 Å². The zero-order chi connectivity index (χ0) is 20.6. The number of nitrogens with one attached hydrogen (secondary N) is 2. The molecule has 0 bridgehead atoms. The molecule has 0 aliphatic rings. The highest BCUT2D eigenvalue weighted by Crippen LogP contribution is 2.27. The highest BCUT2D eigenvalue weighted by atomic mass is 35.5. The first-order valence-corrected chi connectivity index (χ1v) is 9.90. The van der Waals surface area contributed by atoms with Gasteiger partial charge in [-0.2, -0.15) is 5.10 Å². The first-order valence-electron chi connectivity index (χ1n) is 9.11. The lowest BCUT2D eigenvalue weighted by Crippen LogP contribution is -2.30. The van der Waals surface area contributed by atoms with Crippen molar-refractivity contribution in [3.8, 4) is 11.5 Å². The average molecular weight is 431 g/mol. The van der Waals surface area contributed by atoms with Crippen LogP contribution in [0.3, 0.4) is 0 Å². The Labute approximate surface area is 180 Å². The maximum atomic E-state index is 6.29. The van der Waals surface area contributed by atoms with Crippen LogP contribution in [-0.4, -0.2) is 35.7 Å². The predicted octanol–water partition coefficient (Wildman–Crippen LogP) is 4.13. The number of anilines is 1. The third-order valence-corrected chi connectivity index (χ3v) is 4.81. The van der Waals surface area contributed by atoms with Crippen molar-refractivity contribution in [3.05, 3.63) is 70.9 Å². The van der Waals surface area contributed by atoms with E-state index in [0.717, 1.165) is 17.5 Å². The highest BCUT2D eigenvalue weighted by Gasteiger charge is 2.09. The lowest BCUT2D eigenvalue weighted by atomic mass is 10.1. The second-order valence-electron chi connectivity index (χ2n) is 6.33. The van der Waals surface area contributed by atoms with Crippen molar-refractivity contribution >= 4 is 34.7 Å². The van der Waals surface area contributed by atoms with Crippen LogP contribution in [0.5, 0.6) is 11.5 Å². The Hall–Kier alpha value is -2.77. The molecule has 0 spiro atoms. The number of hydrogen-bond donors (Lipinski definition) is 2. The molecule has 1 heterocycles. The van der Waals surface area contributed by atoms with E-state index in [0.29, 0.717) is 40.5 Å². The first-order chi connectivity index (χ1) is 14.1. The average Bonchev–Trinajstić information content (AvgIpc) is 3.07. The van der Waals surface area contributed by atoms with Crippen molar-refractivity contribution in [2.24, 2.45) is 0 Å². The summed E-state index contributed by atoms with van der Waals surface area (Å²) < 4.78 is 12.4. The second kappa shape index (κ2) is 10.1. The molecule has 0 atom stereocenters. The normalized spacial score (nSPS) is 10.4. The Morgan fingerprint density at radius 2 is 1.83 bits per heavy atom. The minimum Gasteiger partial charge on any atom is -0.493 e. The zero-order valence-electron chi connectivity index (χ0n) is 16.3. The monoisotopic (exact) mass is 430 g/mol. The van der Waals surface area contributed by atoms with Gasteiger partial charge in [-0.25, -0.2) is 0 Å². The summed E-state index contributed by atoms with van der Waals surface area (Å²) in [6.45, 7) is 1.30. The van der Waals surface area contributed by atoms with Gasteiger partial charge < -0.3 is 20.1 Å². The summed E-state index contributed by atoms with van der Waals surface area (Å²) in [5, 5.41) is 11.7. The van der Waals surface area contributed by atoms with Crippen LogP contribution < -0.4 is 20.1 Å². The van der Waals surface area contributed by atoms with Crippen molar-refractivity contribution in [3.63, 3.8) is 0 Å². The topological polar surface area (TPSA) is 60.3 Å². The molecule has 0 aliphatic carbocycles. The quantitative estimate of drug-likeness (QED) is 0.524. The van der Waals surface area contributed by atoms with Crippen LogP contribution in [0.2, 0.25) is 5.02 Å². The largest absolute Gasteiger partial charge is 0.493 e. The number of ether oxygens (including phenoxy) is 2. The van der Waals surface area contributed by atoms with Crippen LogP contribution in [0.4, 0.5) is 5.82 Å². The van der Waals surface area contributed by atoms with Crippen LogP contribution in [0.25, 0.3) is 0 Å². The van der Waals surface area contributed by atoms with Gasteiger partial charge in [0.25, 0.3) is 0 Å². The van der Waals surface area contributed by atoms with Gasteiger partial charge in [-0.1, -0.05) is 48.0 Å². The number of hydrogen-bond acceptors (Lipinski definition) is 4. The maximum absolute atomic E-state index is 6.29. The number of aromatic nitrogens is 2. The Morgan fingerprint density at radius 1 is 1.07 bits per heavy atom. The van der Waals surface area contributed by atoms with Gasteiger partial charge in [0.1, 0.15) is 5.02 Å². The van der Waals surface area contributed by atoms with Crippen molar-refractivity contribution in [2.75, 3.05) is 26.1 Å². The molecular weight excluding hydrogens is 408 g/mol. The fraction of sp³-hybridized carbons (Fsp3) is 0.238. The van der Waals surface area contributed by atoms with E-state index in [-0.39, 0.29) is 0 Å². The van der Waals surface area contributed by atoms with Crippen molar-refractivity contribution < 1.29 is 9.47 Å². The van der Waals surface area contributed by atoms with E-state index in [2.05, 4.69) is 15.7 Å². The number of benzene rings is 2. The fourth-order valence-electron chi connectivity index (χ4n) is 2.84. The molecule has 2 N–H and O–H groups in total. The van der Waals surface area contributed by atoms with E-state index < -0.39 is 0 Å². The third kappa shape index (κ3) is 5.85. The summed E-state index contributed by atoms with van der Waals surface area (Å²) in [6, 6.07) is 15.9. The van der Waals surface area contributed by atoms with E-state index in [1.807, 2.05) is 48.5 Å². The molecule has 0 radical (unpaired) electrons. The van der Waals surface area contributed by atoms with E-state index >= 15 is 0 Å². The first kappa shape index (κ1) is 21.0. The molecule has 0 saturated heterocycles. The summed E-state index contributed by atoms with van der Waals surface area (Å²) in [4.78, 5) is 0. The molecule has 6 nitrogen and oxygen atoms in total. The summed E-state index contributed by atoms with van der Waals surface area (Å²) in [5.41, 5.74) is 2.26. The van der Waals surface area contributed by atoms with Crippen LogP contribution >= 0.6 is 23.8 Å². The zero-order valence-corrected chi connectivity index (χ0v) is 17.9. The molecule has 1 aromatic heterocycles. The number of halogens is 1. The molecule has 2 aromatic carbocycles. The lowest BCUT2D eigenvalue weighted by Gasteiger charge is -2.11. The molecule has 8 heteroatoms. The van der Waals surface area contributed by atoms with Gasteiger partial charge in [-0.05, 0) is 41.9 Å². The minimum absolute atomic E-state index is 0.470. The smallest absolute Gasteiger partial charge is 0.173 e. The van der Waals surface area contributed by atoms with E-state index in [4.69, 9.17) is 33.3 Å². The molecule has 3 rings (SSSR count). The molecule has 152 valence electrons. The number of nitrogens with zero attached hydrogens (tertiary/aromatic N) is 2. The Bertz CT molecular complexity index is 963. The van der Waals surface area contributed by atoms with Gasteiger partial charge >= 0.3 is 0 Å². The highest BCUT2D eigenvalue weighted by molar-refractivity contribution is 7.80. The van der Waals surface area contributed by atoms with E-state index in [9.17, 15) is 0 Å². The van der Waals surface area contributed by atoms with Gasteiger partial charge in [-0.15, -0.1) is 0 Å². The summed E-state index contributed by atoms with van der Waals surface area (Å²) in [6.07, 6.45) is 2.56. The Balaban J connectivity index is 1.51. The van der Waals surface area contributed by atoms with Gasteiger partial charge in [0.2, 0.25) is 0 Å². The molecular formula is C21H23ClN4O2S. The third-order valence-electron chi connectivity index (χ3n) is 4.28. The molecule has 29 heavy (non-hydrogen) atoms. The standard InChI is InChI=1S/C21H23ClN4O2S/c1-27-18-9-8-15(12-19(18)28-2)10-11-23-21(29)24-20-17(22)14-26(25-20)13-16-6-4-3-5-7-16/h3-9,12,14H,10-11,13H2,1-2H3,(H2,23,24,25,29). The number of rotatable bonds is 8. The van der Waals surface area contributed by atoms with Crippen molar-refractivity contribution in [1.82, 2.24) is 15.1 Å². The molecule has 0 saturated carbocycles. The lowest BCUT2D eigenvalue weighted by molar-refractivity contribution is 0.354. The molecule has 0 fully saturated rings. The number of thiocarbonyl (C=S) groups is 1. The van der Waals surface area contributed by atoms with Crippen LogP contribution in [0.1, 0.15) is 11.1 Å². The maximum Gasteiger partial charge on any atom is 0.173 e. The molecule has 0 unspecified atom stereocenters. The summed E-state index contributed by atoms with van der Waals surface area (Å²) in [5.74, 6) is 1.95. The summed E-state index contributed by atoms with van der Waals surface area (Å²) in [7, 11) is 3.25. The van der Waals surface area contributed by atoms with Crippen LogP contribution in [0, 0.1) is 0 Å². The van der Waals surface area contributed by atoms with Crippen molar-refractivity contribution in [2.45, 2.75) is 13.0 Å². The van der Waals surface area contributed by atoms with Crippen molar-refractivity contribution in [1.29, 1.82) is 0 Å². The summed E-state index contributed by atoms with van der Waals surface area (Å²) >= 11 is 11.7. The predicted molar refractivity (Wildman–Crippen MR) is 120 cm³/mol. The molecule has 0 aliphatic heterocycles. The second-order valence-corrected chi connectivity index (χ2v) is 7.14. The Morgan fingerprint density at radius 3 is 2.55 bits per heavy atom. The molecule has 0 amide bonds. The van der Waals surface area contributed by atoms with Crippen LogP contribution in [-0.2, 0) is 13.0 Å². The van der Waals surface area contributed by atoms with Gasteiger partial charge in [0, 0.05) is 12.7 Å².